The smallest absolute Gasteiger partial charge is 0.120 e. The van der Waals surface area contributed by atoms with Crippen LogP contribution in [-0.2, 0) is 13.2 Å². The van der Waals surface area contributed by atoms with E-state index in [2.05, 4.69) is 52.4 Å². The first kappa shape index (κ1) is 14.1. The Hall–Kier alpha value is -1.32. The molecule has 1 N–H and O–H groups in total. The first-order valence-corrected chi connectivity index (χ1v) is 7.09. The number of halogens is 1. The fourth-order valence-corrected chi connectivity index (χ4v) is 2.08. The summed E-state index contributed by atoms with van der Waals surface area (Å²) in [6.45, 7) is 3.55. The summed E-state index contributed by atoms with van der Waals surface area (Å²) in [5.74, 6) is 0.903. The Morgan fingerprint density at radius 1 is 1.05 bits per heavy atom. The molecule has 0 aliphatic rings. The Labute approximate surface area is 122 Å². The van der Waals surface area contributed by atoms with Crippen molar-refractivity contribution >= 4 is 15.9 Å². The second kappa shape index (κ2) is 6.73. The van der Waals surface area contributed by atoms with Crippen molar-refractivity contribution in [1.82, 2.24) is 5.32 Å². The van der Waals surface area contributed by atoms with E-state index in [4.69, 9.17) is 4.74 Å². The third-order valence-corrected chi connectivity index (χ3v) is 3.83. The van der Waals surface area contributed by atoms with Gasteiger partial charge in [-0.05, 0) is 48.9 Å². The number of nitrogens with one attached hydrogen (secondary N) is 1. The van der Waals surface area contributed by atoms with E-state index in [1.807, 2.05) is 25.2 Å². The lowest BCUT2D eigenvalue weighted by Crippen LogP contribution is -2.05. The minimum absolute atomic E-state index is 0.598. The van der Waals surface area contributed by atoms with Crippen molar-refractivity contribution in [3.63, 3.8) is 0 Å². The molecule has 0 fully saturated rings. The van der Waals surface area contributed by atoms with E-state index < -0.39 is 0 Å². The molecular formula is C16H18BrNO. The molecule has 2 rings (SSSR count). The topological polar surface area (TPSA) is 21.3 Å². The van der Waals surface area contributed by atoms with Crippen molar-refractivity contribution in [2.45, 2.75) is 20.1 Å². The maximum atomic E-state index is 5.79. The lowest BCUT2D eigenvalue weighted by molar-refractivity contribution is 0.306. The molecule has 3 heteroatoms. The Bertz CT molecular complexity index is 537. The van der Waals surface area contributed by atoms with Crippen LogP contribution in [0.3, 0.4) is 0 Å². The van der Waals surface area contributed by atoms with Gasteiger partial charge in [0.2, 0.25) is 0 Å². The third kappa shape index (κ3) is 4.08. The van der Waals surface area contributed by atoms with Crippen LogP contribution in [0.15, 0.2) is 46.9 Å². The highest BCUT2D eigenvalue weighted by atomic mass is 79.9. The van der Waals surface area contributed by atoms with Gasteiger partial charge >= 0.3 is 0 Å². The maximum absolute atomic E-state index is 5.79. The van der Waals surface area contributed by atoms with Crippen LogP contribution in [0.5, 0.6) is 5.75 Å². The minimum Gasteiger partial charge on any atom is -0.489 e. The molecule has 2 nitrogen and oxygen atoms in total. The van der Waals surface area contributed by atoms with Gasteiger partial charge in [-0.1, -0.05) is 40.2 Å². The number of hydrogen-bond acceptors (Lipinski definition) is 2. The summed E-state index contributed by atoms with van der Waals surface area (Å²) in [6, 6.07) is 14.5. The van der Waals surface area contributed by atoms with E-state index in [0.717, 1.165) is 16.8 Å². The quantitative estimate of drug-likeness (QED) is 0.897. The monoisotopic (exact) mass is 319 g/mol. The number of hydrogen-bond donors (Lipinski definition) is 1. The fraction of sp³-hybridized carbons (Fsp3) is 0.250. The van der Waals surface area contributed by atoms with E-state index >= 15 is 0 Å². The molecule has 0 unspecified atom stereocenters. The number of aryl methyl sites for hydroxylation is 1. The molecule has 0 aliphatic heterocycles. The molecule has 0 saturated carbocycles. The van der Waals surface area contributed by atoms with Crippen LogP contribution >= 0.6 is 15.9 Å². The van der Waals surface area contributed by atoms with Crippen molar-refractivity contribution in [3.8, 4) is 5.75 Å². The largest absolute Gasteiger partial charge is 0.489 e. The zero-order valence-electron chi connectivity index (χ0n) is 11.2. The zero-order chi connectivity index (χ0) is 13.7. The van der Waals surface area contributed by atoms with Crippen molar-refractivity contribution in [1.29, 1.82) is 0 Å². The molecule has 0 heterocycles. The van der Waals surface area contributed by atoms with Gasteiger partial charge in [0.1, 0.15) is 12.4 Å². The van der Waals surface area contributed by atoms with Crippen LogP contribution in [0.2, 0.25) is 0 Å². The second-order valence-corrected chi connectivity index (χ2v) is 5.40. The van der Waals surface area contributed by atoms with Gasteiger partial charge in [-0.15, -0.1) is 0 Å². The number of ether oxygens (including phenoxy) is 1. The van der Waals surface area contributed by atoms with E-state index in [9.17, 15) is 0 Å². The molecule has 2 aromatic carbocycles. The Balaban J connectivity index is 1.96. The van der Waals surface area contributed by atoms with Gasteiger partial charge in [-0.3, -0.25) is 0 Å². The molecule has 0 spiro atoms. The van der Waals surface area contributed by atoms with E-state index in [1.54, 1.807) is 0 Å². The fourth-order valence-electron chi connectivity index (χ4n) is 1.83. The minimum atomic E-state index is 0.598. The van der Waals surface area contributed by atoms with Gasteiger partial charge in [0, 0.05) is 11.0 Å². The van der Waals surface area contributed by atoms with Gasteiger partial charge in [0.15, 0.2) is 0 Å². The van der Waals surface area contributed by atoms with Crippen LogP contribution < -0.4 is 10.1 Å². The molecule has 2 aromatic rings. The Morgan fingerprint density at radius 3 is 2.37 bits per heavy atom. The van der Waals surface area contributed by atoms with E-state index in [0.29, 0.717) is 6.61 Å². The summed E-state index contributed by atoms with van der Waals surface area (Å²) in [4.78, 5) is 0. The summed E-state index contributed by atoms with van der Waals surface area (Å²) >= 11 is 3.49. The molecule has 0 aliphatic carbocycles. The summed E-state index contributed by atoms with van der Waals surface area (Å²) < 4.78 is 6.90. The first-order chi connectivity index (χ1) is 9.19. The Kier molecular flexibility index (Phi) is 5.00. The van der Waals surface area contributed by atoms with E-state index in [-0.39, 0.29) is 0 Å². The lowest BCUT2D eigenvalue weighted by Gasteiger charge is -2.08. The van der Waals surface area contributed by atoms with Crippen molar-refractivity contribution in [2.24, 2.45) is 0 Å². The summed E-state index contributed by atoms with van der Waals surface area (Å²) in [5.41, 5.74) is 3.65. The highest BCUT2D eigenvalue weighted by Gasteiger charge is 1.99. The molecule has 0 radical (unpaired) electrons. The highest BCUT2D eigenvalue weighted by Crippen LogP contribution is 2.22. The second-order valence-electron chi connectivity index (χ2n) is 4.55. The first-order valence-electron chi connectivity index (χ1n) is 6.30. The van der Waals surface area contributed by atoms with Crippen LogP contribution in [0.25, 0.3) is 0 Å². The van der Waals surface area contributed by atoms with Gasteiger partial charge in [0.05, 0.1) is 0 Å². The third-order valence-electron chi connectivity index (χ3n) is 2.94. The van der Waals surface area contributed by atoms with Crippen molar-refractivity contribution < 1.29 is 4.74 Å². The molecule has 0 aromatic heterocycles. The van der Waals surface area contributed by atoms with Gasteiger partial charge in [-0.2, -0.15) is 0 Å². The SMILES string of the molecule is CNCc1ccc(COc2ccc(Br)c(C)c2)cc1. The standard InChI is InChI=1S/C16H18BrNO/c1-12-9-15(7-8-16(12)17)19-11-14-5-3-13(4-6-14)10-18-2/h3-9,18H,10-11H2,1-2H3. The number of rotatable bonds is 5. The normalized spacial score (nSPS) is 10.5. The van der Waals surface area contributed by atoms with Crippen molar-refractivity contribution in [3.05, 3.63) is 63.6 Å². The highest BCUT2D eigenvalue weighted by molar-refractivity contribution is 9.10. The van der Waals surface area contributed by atoms with Crippen LogP contribution in [0, 0.1) is 6.92 Å². The molecule has 100 valence electrons. The van der Waals surface area contributed by atoms with Gasteiger partial charge in [-0.25, -0.2) is 0 Å². The molecular weight excluding hydrogens is 302 g/mol. The average Bonchev–Trinajstić information content (AvgIpc) is 2.42. The predicted molar refractivity (Wildman–Crippen MR) is 82.4 cm³/mol. The van der Waals surface area contributed by atoms with Crippen LogP contribution in [0.1, 0.15) is 16.7 Å². The van der Waals surface area contributed by atoms with Crippen LogP contribution in [-0.4, -0.2) is 7.05 Å². The van der Waals surface area contributed by atoms with Crippen LogP contribution in [0.4, 0.5) is 0 Å². The summed E-state index contributed by atoms with van der Waals surface area (Å²) in [5, 5.41) is 3.14. The molecule has 0 amide bonds. The van der Waals surface area contributed by atoms with Gasteiger partial charge in [0.25, 0.3) is 0 Å². The van der Waals surface area contributed by atoms with Crippen molar-refractivity contribution in [2.75, 3.05) is 7.05 Å². The molecule has 0 bridgehead atoms. The Morgan fingerprint density at radius 2 is 1.74 bits per heavy atom. The summed E-state index contributed by atoms with van der Waals surface area (Å²) in [7, 11) is 1.95. The molecule has 0 saturated heterocycles. The molecule has 0 atom stereocenters. The summed E-state index contributed by atoms with van der Waals surface area (Å²) in [6.07, 6.45) is 0. The van der Waals surface area contributed by atoms with Gasteiger partial charge < -0.3 is 10.1 Å². The maximum Gasteiger partial charge on any atom is 0.120 e. The lowest BCUT2D eigenvalue weighted by atomic mass is 10.1. The average molecular weight is 320 g/mol. The predicted octanol–water partition coefficient (Wildman–Crippen LogP) is 4.06. The number of benzene rings is 2. The molecule has 19 heavy (non-hydrogen) atoms. The zero-order valence-corrected chi connectivity index (χ0v) is 12.8. The van der Waals surface area contributed by atoms with E-state index in [1.165, 1.54) is 16.7 Å².